The lowest BCUT2D eigenvalue weighted by Crippen LogP contribution is -2.50. The van der Waals surface area contributed by atoms with Gasteiger partial charge in [0.1, 0.15) is 12.4 Å². The van der Waals surface area contributed by atoms with Crippen molar-refractivity contribution in [1.29, 1.82) is 0 Å². The van der Waals surface area contributed by atoms with Gasteiger partial charge in [0.2, 0.25) is 0 Å². The summed E-state index contributed by atoms with van der Waals surface area (Å²) in [6.07, 6.45) is 2.14. The molecule has 2 N–H and O–H groups in total. The molecule has 2 fully saturated rings. The number of halogens is 4. The Kier molecular flexibility index (Phi) is 9.57. The van der Waals surface area contributed by atoms with Crippen molar-refractivity contribution in [3.63, 3.8) is 0 Å². The fourth-order valence-electron chi connectivity index (χ4n) is 7.18. The van der Waals surface area contributed by atoms with Crippen molar-refractivity contribution in [2.45, 2.75) is 57.9 Å². The van der Waals surface area contributed by atoms with Crippen molar-refractivity contribution in [3.8, 4) is 16.9 Å². The molecule has 8 rings (SSSR count). The number of aromatic nitrogens is 4. The molecule has 0 atom stereocenters. The van der Waals surface area contributed by atoms with Gasteiger partial charge in [0.05, 0.1) is 40.4 Å². The standard InChI is InChI=1S/C39H35ClF3N7O5/c40-26-6-9-28(45-17-26)20-49-31-10-5-25(16-32(31)55-39(42,43)37(49)52)33-29-18-46-50(36(29)47-30(15-22-1-2-22)34(33)35(44)51)19-23-11-13-48(14-12-23)38(53)54-21-24-3-7-27(41)8-4-24/h3-10,16-18,22-23H,1-2,11-15,19-21H2,(H2,44,51). The first-order valence-corrected chi connectivity index (χ1v) is 18.3. The first kappa shape index (κ1) is 36.3. The molecule has 1 saturated carbocycles. The van der Waals surface area contributed by atoms with E-state index in [9.17, 15) is 18.8 Å². The second kappa shape index (κ2) is 14.5. The van der Waals surface area contributed by atoms with Crippen LogP contribution in [0.5, 0.6) is 5.75 Å². The summed E-state index contributed by atoms with van der Waals surface area (Å²) >= 11 is 5.95. The molecular formula is C39H35ClF3N7O5. The predicted molar refractivity (Wildman–Crippen MR) is 195 cm³/mol. The van der Waals surface area contributed by atoms with Gasteiger partial charge in [-0.2, -0.15) is 13.9 Å². The van der Waals surface area contributed by atoms with Crippen molar-refractivity contribution < 1.29 is 37.0 Å². The highest BCUT2D eigenvalue weighted by molar-refractivity contribution is 6.30. The molecule has 0 radical (unpaired) electrons. The van der Waals surface area contributed by atoms with Gasteiger partial charge < -0.3 is 20.1 Å². The fourth-order valence-corrected chi connectivity index (χ4v) is 7.29. The number of hydrogen-bond donors (Lipinski definition) is 1. The van der Waals surface area contributed by atoms with Crippen LogP contribution in [0.3, 0.4) is 0 Å². The number of ether oxygens (including phenoxy) is 2. The normalized spacial score (nSPS) is 16.9. The summed E-state index contributed by atoms with van der Waals surface area (Å²) in [6.45, 7) is 1.19. The van der Waals surface area contributed by atoms with Crippen LogP contribution in [-0.2, 0) is 35.6 Å². The third-order valence-corrected chi connectivity index (χ3v) is 10.5. The lowest BCUT2D eigenvalue weighted by atomic mass is 9.93. The highest BCUT2D eigenvalue weighted by Gasteiger charge is 2.50. The number of nitrogens with zero attached hydrogens (tertiary/aromatic N) is 6. The number of hydrogen-bond acceptors (Lipinski definition) is 8. The molecule has 3 aromatic heterocycles. The highest BCUT2D eigenvalue weighted by Crippen LogP contribution is 2.45. The number of anilines is 1. The Morgan fingerprint density at radius 1 is 1.00 bits per heavy atom. The molecule has 16 heteroatoms. The summed E-state index contributed by atoms with van der Waals surface area (Å²) in [6, 6.07) is 13.4. The summed E-state index contributed by atoms with van der Waals surface area (Å²) in [5, 5.41) is 5.52. The first-order chi connectivity index (χ1) is 26.4. The average molecular weight is 774 g/mol. The van der Waals surface area contributed by atoms with Crippen molar-refractivity contribution in [2.24, 2.45) is 17.6 Å². The molecule has 5 heterocycles. The van der Waals surface area contributed by atoms with Crippen LogP contribution >= 0.6 is 11.6 Å². The molecule has 2 aromatic carbocycles. The molecule has 3 amide bonds. The number of amides is 3. The Morgan fingerprint density at radius 2 is 1.76 bits per heavy atom. The molecule has 12 nitrogen and oxygen atoms in total. The van der Waals surface area contributed by atoms with Gasteiger partial charge in [-0.1, -0.05) is 29.8 Å². The summed E-state index contributed by atoms with van der Waals surface area (Å²) in [5.41, 5.74) is 9.07. The van der Waals surface area contributed by atoms with Crippen molar-refractivity contribution >= 4 is 46.2 Å². The molecule has 2 aliphatic heterocycles. The number of likely N-dealkylation sites (tertiary alicyclic amines) is 1. The van der Waals surface area contributed by atoms with Crippen LogP contribution in [0.4, 0.5) is 23.7 Å². The number of nitrogens with two attached hydrogens (primary N) is 1. The van der Waals surface area contributed by atoms with Gasteiger partial charge in [0, 0.05) is 36.8 Å². The zero-order chi connectivity index (χ0) is 38.4. The number of alkyl halides is 2. The topological polar surface area (TPSA) is 146 Å². The zero-order valence-corrected chi connectivity index (χ0v) is 30.1. The average Bonchev–Trinajstić information content (AvgIpc) is 3.90. The molecule has 1 saturated heterocycles. The van der Waals surface area contributed by atoms with Gasteiger partial charge in [0.25, 0.3) is 5.91 Å². The van der Waals surface area contributed by atoms with Gasteiger partial charge in [-0.25, -0.2) is 18.9 Å². The Bertz CT molecular complexity index is 2290. The van der Waals surface area contributed by atoms with E-state index in [1.807, 2.05) is 0 Å². The monoisotopic (exact) mass is 773 g/mol. The minimum atomic E-state index is -4.17. The van der Waals surface area contributed by atoms with Crippen molar-refractivity contribution in [1.82, 2.24) is 24.6 Å². The van der Waals surface area contributed by atoms with E-state index in [0.717, 1.165) is 17.7 Å². The van der Waals surface area contributed by atoms with Gasteiger partial charge in [0.15, 0.2) is 11.4 Å². The minimum absolute atomic E-state index is 0.0405. The van der Waals surface area contributed by atoms with Gasteiger partial charge in [-0.15, -0.1) is 0 Å². The SMILES string of the molecule is NC(=O)c1c(CC2CC2)nc2c(cnn2CC2CCN(C(=O)OCc3ccc(F)cc3)CC2)c1-c1ccc2c(c1)OC(F)(F)C(=O)N2Cc1ccc(Cl)cn1. The van der Waals surface area contributed by atoms with E-state index in [0.29, 0.717) is 88.9 Å². The maximum Gasteiger partial charge on any atom is 0.482 e. The van der Waals surface area contributed by atoms with Crippen molar-refractivity contribution in [3.05, 3.63) is 100 Å². The van der Waals surface area contributed by atoms with Crippen LogP contribution in [-0.4, -0.2) is 61.8 Å². The Labute approximate surface area is 318 Å². The molecule has 0 unspecified atom stereocenters. The van der Waals surface area contributed by atoms with Crippen LogP contribution in [0, 0.1) is 17.7 Å². The molecule has 55 heavy (non-hydrogen) atoms. The second-order valence-corrected chi connectivity index (χ2v) is 14.6. The van der Waals surface area contributed by atoms with Crippen LogP contribution < -0.4 is 15.4 Å². The largest absolute Gasteiger partial charge is 0.482 e. The number of carbonyl (C=O) groups excluding carboxylic acids is 3. The van der Waals surface area contributed by atoms with Gasteiger partial charge >= 0.3 is 18.1 Å². The number of piperidine rings is 1. The molecule has 1 aliphatic carbocycles. The van der Waals surface area contributed by atoms with E-state index in [2.05, 4.69) is 10.1 Å². The second-order valence-electron chi connectivity index (χ2n) is 14.2. The number of primary amides is 1. The minimum Gasteiger partial charge on any atom is -0.445 e. The predicted octanol–water partition coefficient (Wildman–Crippen LogP) is 6.90. The summed E-state index contributed by atoms with van der Waals surface area (Å²) < 4.78 is 55.7. The van der Waals surface area contributed by atoms with E-state index in [4.69, 9.17) is 31.8 Å². The van der Waals surface area contributed by atoms with Gasteiger partial charge in [-0.3, -0.25) is 19.5 Å². The first-order valence-electron chi connectivity index (χ1n) is 17.9. The Morgan fingerprint density at radius 3 is 2.45 bits per heavy atom. The van der Waals surface area contributed by atoms with E-state index in [1.54, 1.807) is 46.1 Å². The van der Waals surface area contributed by atoms with Crippen molar-refractivity contribution in [2.75, 3.05) is 18.0 Å². The lowest BCUT2D eigenvalue weighted by molar-refractivity contribution is -0.193. The maximum atomic E-state index is 15.1. The number of benzene rings is 2. The maximum absolute atomic E-state index is 15.1. The quantitative estimate of drug-likeness (QED) is 0.161. The Hall–Kier alpha value is -5.70. The molecule has 0 bridgehead atoms. The van der Waals surface area contributed by atoms with E-state index in [1.165, 1.54) is 30.5 Å². The molecule has 284 valence electrons. The summed E-state index contributed by atoms with van der Waals surface area (Å²) in [5.74, 6) is -2.44. The number of rotatable bonds is 10. The van der Waals surface area contributed by atoms with Crippen LogP contribution in [0.15, 0.2) is 67.0 Å². The molecule has 5 aromatic rings. The van der Waals surface area contributed by atoms with E-state index in [-0.39, 0.29) is 41.9 Å². The van der Waals surface area contributed by atoms with Crippen LogP contribution in [0.2, 0.25) is 5.02 Å². The zero-order valence-electron chi connectivity index (χ0n) is 29.4. The number of pyridine rings is 2. The lowest BCUT2D eigenvalue weighted by Gasteiger charge is -2.33. The van der Waals surface area contributed by atoms with E-state index < -0.39 is 24.0 Å². The summed E-state index contributed by atoms with van der Waals surface area (Å²) in [4.78, 5) is 50.5. The van der Waals surface area contributed by atoms with Crippen LogP contribution in [0.25, 0.3) is 22.2 Å². The molecule has 3 aliphatic rings. The highest BCUT2D eigenvalue weighted by atomic mass is 35.5. The smallest absolute Gasteiger partial charge is 0.445 e. The number of carbonyl (C=O) groups is 3. The van der Waals surface area contributed by atoms with Crippen LogP contribution in [0.1, 0.15) is 53.0 Å². The summed E-state index contributed by atoms with van der Waals surface area (Å²) in [7, 11) is 0. The fraction of sp³-hybridized carbons (Fsp3) is 0.333. The number of fused-ring (bicyclic) bond motifs is 2. The molecular weight excluding hydrogens is 739 g/mol. The van der Waals surface area contributed by atoms with E-state index >= 15 is 8.78 Å². The molecule has 0 spiro atoms. The Balaban J connectivity index is 1.08. The third-order valence-electron chi connectivity index (χ3n) is 10.2. The van der Waals surface area contributed by atoms with Gasteiger partial charge in [-0.05, 0) is 91.5 Å². The third kappa shape index (κ3) is 7.53.